The highest BCUT2D eigenvalue weighted by molar-refractivity contribution is 8.00. The molecule has 20 heteroatoms. The van der Waals surface area contributed by atoms with Gasteiger partial charge in [0.1, 0.15) is 5.69 Å². The lowest BCUT2D eigenvalue weighted by Gasteiger charge is -2.13. The van der Waals surface area contributed by atoms with Gasteiger partial charge in [-0.3, -0.25) is 14.6 Å². The maximum Gasteiger partial charge on any atom is 0.185 e. The lowest BCUT2D eigenvalue weighted by Crippen LogP contribution is -2.13. The second kappa shape index (κ2) is 41.3. The van der Waals surface area contributed by atoms with Crippen LogP contribution in [0.5, 0.6) is 0 Å². The molecule has 5 rings (SSSR count). The summed E-state index contributed by atoms with van der Waals surface area (Å²) in [5, 5.41) is 22.7. The van der Waals surface area contributed by atoms with Crippen molar-refractivity contribution >= 4 is 117 Å². The van der Waals surface area contributed by atoms with Crippen LogP contribution in [0.1, 0.15) is 252 Å². The van der Waals surface area contributed by atoms with Gasteiger partial charge in [-0.25, -0.2) is 19.6 Å². The SMILES string of the molecule is C.CC(C)SCc1nc2ccc(C(=O)C(C)C)cc2nc1CSC(C)C.CC(C)SCc1ncc(C(=O)C(C)C)nc1CSC(C)C.CC(C)SCc1nn(C(C)C)nc1CSC(C)C.CC(C)SCc1nnn(C(C)C)c1CSC(C)C. The number of fused-ring (bicyclic) bond motifs is 1. The van der Waals surface area contributed by atoms with Crippen molar-refractivity contribution in [1.29, 1.82) is 0 Å². The van der Waals surface area contributed by atoms with Crippen molar-refractivity contribution in [3.05, 3.63) is 81.2 Å². The molecule has 0 fully saturated rings. The van der Waals surface area contributed by atoms with Crippen molar-refractivity contribution in [3.8, 4) is 0 Å². The first-order valence-corrected chi connectivity index (χ1v) is 37.8. The van der Waals surface area contributed by atoms with E-state index < -0.39 is 0 Å². The van der Waals surface area contributed by atoms with Crippen molar-refractivity contribution in [3.63, 3.8) is 0 Å². The molecule has 83 heavy (non-hydrogen) atoms. The summed E-state index contributed by atoms with van der Waals surface area (Å²) in [5.74, 6) is 7.50. The molecular formula is C63H108N10O2S8. The number of rotatable bonds is 30. The predicted molar refractivity (Wildman–Crippen MR) is 379 cm³/mol. The van der Waals surface area contributed by atoms with Gasteiger partial charge in [-0.05, 0) is 87.9 Å². The number of carbonyl (C=O) groups is 2. The van der Waals surface area contributed by atoms with E-state index in [0.717, 1.165) is 102 Å². The van der Waals surface area contributed by atoms with Crippen molar-refractivity contribution in [2.24, 2.45) is 11.8 Å². The summed E-state index contributed by atoms with van der Waals surface area (Å²) in [6.07, 6.45) is 1.64. The van der Waals surface area contributed by atoms with E-state index in [-0.39, 0.29) is 30.8 Å². The number of benzene rings is 1. The predicted octanol–water partition coefficient (Wildman–Crippen LogP) is 19.3. The second-order valence-corrected chi connectivity index (χ2v) is 35.9. The zero-order valence-corrected chi connectivity index (χ0v) is 61.0. The molecular weight excluding hydrogens is 1190 g/mol. The van der Waals surface area contributed by atoms with Crippen molar-refractivity contribution in [1.82, 2.24) is 49.9 Å². The van der Waals surface area contributed by atoms with Gasteiger partial charge in [0.2, 0.25) is 0 Å². The van der Waals surface area contributed by atoms with Crippen LogP contribution in [0, 0.1) is 11.8 Å². The molecule has 0 aliphatic heterocycles. The Balaban J connectivity index is 0.000000556. The highest BCUT2D eigenvalue weighted by atomic mass is 32.2. The van der Waals surface area contributed by atoms with Gasteiger partial charge in [-0.1, -0.05) is 151 Å². The van der Waals surface area contributed by atoms with Gasteiger partial charge in [0.05, 0.1) is 68.8 Å². The zero-order valence-electron chi connectivity index (χ0n) is 54.4. The maximum absolute atomic E-state index is 12.3. The molecule has 0 amide bonds. The van der Waals surface area contributed by atoms with E-state index >= 15 is 0 Å². The molecule has 0 atom stereocenters. The molecule has 0 aliphatic carbocycles. The summed E-state index contributed by atoms with van der Waals surface area (Å²) in [7, 11) is 0. The molecule has 0 aliphatic rings. The molecule has 4 aromatic heterocycles. The molecule has 0 saturated heterocycles. The van der Waals surface area contributed by atoms with Crippen LogP contribution >= 0.6 is 94.1 Å². The summed E-state index contributed by atoms with van der Waals surface area (Å²) >= 11 is 15.2. The number of Topliss-reactive ketones (excluding diaryl/α,β-unsaturated/α-hetero) is 2. The first kappa shape index (κ1) is 79.1. The maximum atomic E-state index is 12.3. The molecule has 1 aromatic carbocycles. The smallest absolute Gasteiger partial charge is 0.185 e. The van der Waals surface area contributed by atoms with Gasteiger partial charge in [0, 0.05) is 69.5 Å². The van der Waals surface area contributed by atoms with E-state index in [4.69, 9.17) is 9.97 Å². The molecule has 470 valence electrons. The molecule has 0 bridgehead atoms. The monoisotopic (exact) mass is 1290 g/mol. The van der Waals surface area contributed by atoms with Gasteiger partial charge in [0.15, 0.2) is 11.6 Å². The van der Waals surface area contributed by atoms with E-state index in [9.17, 15) is 9.59 Å². The third-order valence-corrected chi connectivity index (χ3v) is 20.2. The van der Waals surface area contributed by atoms with E-state index in [1.807, 2.05) is 145 Å². The van der Waals surface area contributed by atoms with Crippen LogP contribution in [0.3, 0.4) is 0 Å². The number of ketones is 2. The third-order valence-electron chi connectivity index (χ3n) is 11.4. The number of hydrogen-bond acceptors (Lipinski definition) is 18. The first-order valence-electron chi connectivity index (χ1n) is 29.4. The third kappa shape index (κ3) is 31.2. The zero-order chi connectivity index (χ0) is 62.0. The van der Waals surface area contributed by atoms with Crippen LogP contribution in [0.25, 0.3) is 11.0 Å². The van der Waals surface area contributed by atoms with Gasteiger partial charge >= 0.3 is 0 Å². The Labute approximate surface area is 538 Å². The number of carbonyl (C=O) groups excluding carboxylic acids is 2. The molecule has 5 aromatic rings. The minimum Gasteiger partial charge on any atom is -0.294 e. The Hall–Kier alpha value is -1.94. The fourth-order valence-electron chi connectivity index (χ4n) is 6.78. The highest BCUT2D eigenvalue weighted by Gasteiger charge is 2.20. The minimum absolute atomic E-state index is 0. The summed E-state index contributed by atoms with van der Waals surface area (Å²) < 4.78 is 2.08. The first-order chi connectivity index (χ1) is 38.4. The molecule has 0 radical (unpaired) electrons. The minimum atomic E-state index is -0.0409. The van der Waals surface area contributed by atoms with E-state index in [1.54, 1.807) is 6.20 Å². The average molecular weight is 1290 g/mol. The Morgan fingerprint density at radius 1 is 0.410 bits per heavy atom. The van der Waals surface area contributed by atoms with E-state index in [0.29, 0.717) is 59.8 Å². The van der Waals surface area contributed by atoms with Gasteiger partial charge < -0.3 is 0 Å². The Kier molecular flexibility index (Phi) is 39.4. The van der Waals surface area contributed by atoms with Gasteiger partial charge in [-0.15, -0.1) is 5.10 Å². The van der Waals surface area contributed by atoms with E-state index in [1.165, 1.54) is 5.69 Å². The van der Waals surface area contributed by atoms with Crippen LogP contribution in [-0.2, 0) is 46.0 Å². The van der Waals surface area contributed by atoms with Gasteiger partial charge in [0.25, 0.3) is 0 Å². The van der Waals surface area contributed by atoms with Crippen LogP contribution in [0.15, 0.2) is 24.4 Å². The molecule has 0 unspecified atom stereocenters. The Morgan fingerprint density at radius 2 is 0.771 bits per heavy atom. The van der Waals surface area contributed by atoms with Crippen molar-refractivity contribution in [2.75, 3.05) is 0 Å². The van der Waals surface area contributed by atoms with Gasteiger partial charge in [-0.2, -0.15) is 109 Å². The fourth-order valence-corrected chi connectivity index (χ4v) is 12.6. The normalized spacial score (nSPS) is 11.8. The van der Waals surface area contributed by atoms with Crippen LogP contribution in [0.2, 0.25) is 0 Å². The molecule has 0 spiro atoms. The standard InChI is InChI=1S/C20H28N2OS2.C16H26N2OS2.2C13H25N3S2.CH4/c1-12(2)20(23)15-7-8-16-17(9-15)22-19(11-25-14(5)6)18(21-16)10-24-13(3)4;1-10(2)16(19)13-7-17-14(8-20-11(3)4)15(18-13)9-21-12(5)6;1-9(2)16-13(8-18-11(5)6)12(14-15-16)7-17-10(3)4;1-9(2)16-14-12(7-17-10(3)4)13(15-16)8-18-11(5)6;/h7-9,12-14H,10-11H2,1-6H3;7,10-12H,8-9H2,1-6H3;2*9-11H,7-8H2,1-6H3;1H4. The largest absolute Gasteiger partial charge is 0.294 e. The number of hydrogen-bond donors (Lipinski definition) is 0. The van der Waals surface area contributed by atoms with E-state index in [2.05, 4.69) is 174 Å². The number of thioether (sulfide) groups is 8. The molecule has 12 nitrogen and oxygen atoms in total. The summed E-state index contributed by atoms with van der Waals surface area (Å²) in [4.78, 5) is 45.1. The molecule has 4 heterocycles. The van der Waals surface area contributed by atoms with Crippen LogP contribution < -0.4 is 0 Å². The Morgan fingerprint density at radius 3 is 1.16 bits per heavy atom. The van der Waals surface area contributed by atoms with Crippen LogP contribution in [0.4, 0.5) is 0 Å². The average Bonchev–Trinajstić information content (AvgIpc) is 4.06. The lowest BCUT2D eigenvalue weighted by molar-refractivity contribution is 0.0929. The fraction of sp³-hybridized carbons (Fsp3) is 0.714. The highest BCUT2D eigenvalue weighted by Crippen LogP contribution is 2.29. The van der Waals surface area contributed by atoms with Crippen molar-refractivity contribution < 1.29 is 9.59 Å². The molecule has 0 N–H and O–H groups in total. The summed E-state index contributed by atoms with van der Waals surface area (Å²) in [6.45, 7) is 51.5. The quantitative estimate of drug-likeness (QED) is 0.0401. The number of nitrogens with zero attached hydrogens (tertiary/aromatic N) is 10. The second-order valence-electron chi connectivity index (χ2n) is 23.4. The van der Waals surface area contributed by atoms with Crippen molar-refractivity contribution in [2.45, 2.75) is 274 Å². The van der Waals surface area contributed by atoms with Crippen LogP contribution in [-0.4, -0.2) is 103 Å². The summed E-state index contributed by atoms with van der Waals surface area (Å²) in [6, 6.07) is 6.43. The topological polar surface area (TPSA) is 147 Å². The molecule has 0 saturated carbocycles. The Bertz CT molecular complexity index is 2590. The lowest BCUT2D eigenvalue weighted by atomic mass is 10.0. The summed E-state index contributed by atoms with van der Waals surface area (Å²) in [5.41, 5.74) is 11.8. The number of aromatic nitrogens is 10.